The molecule has 0 radical (unpaired) electrons. The first-order valence-electron chi connectivity index (χ1n) is 8.21. The van der Waals surface area contributed by atoms with Crippen molar-refractivity contribution in [1.29, 1.82) is 5.26 Å². The van der Waals surface area contributed by atoms with Crippen LogP contribution in [0.15, 0.2) is 64.4 Å². The van der Waals surface area contributed by atoms with E-state index in [2.05, 4.69) is 10.3 Å². The van der Waals surface area contributed by atoms with Crippen LogP contribution in [0.5, 0.6) is 0 Å². The number of nitrogens with one attached hydrogen (secondary N) is 1. The Kier molecular flexibility index (Phi) is 6.14. The topological polar surface area (TPSA) is 87.8 Å². The van der Waals surface area contributed by atoms with Crippen molar-refractivity contribution in [3.63, 3.8) is 0 Å². The zero-order chi connectivity index (χ0) is 20.1. The highest BCUT2D eigenvalue weighted by atomic mass is 35.5. The minimum Gasteiger partial charge on any atom is -0.324 e. The monoisotopic (exact) mass is 410 g/mol. The summed E-state index contributed by atoms with van der Waals surface area (Å²) in [5, 5.41) is 12.4. The molecule has 0 spiro atoms. The molecule has 0 saturated carbocycles. The predicted molar refractivity (Wildman–Crippen MR) is 111 cm³/mol. The van der Waals surface area contributed by atoms with Crippen LogP contribution in [-0.2, 0) is 11.3 Å². The van der Waals surface area contributed by atoms with E-state index in [1.54, 1.807) is 42.1 Å². The molecule has 0 saturated heterocycles. The maximum atomic E-state index is 12.7. The van der Waals surface area contributed by atoms with E-state index in [-0.39, 0.29) is 17.9 Å². The molecule has 28 heavy (non-hydrogen) atoms. The molecule has 8 heteroatoms. The van der Waals surface area contributed by atoms with Crippen molar-refractivity contribution in [3.05, 3.63) is 75.7 Å². The van der Waals surface area contributed by atoms with Gasteiger partial charge < -0.3 is 5.32 Å². The summed E-state index contributed by atoms with van der Waals surface area (Å²) in [6, 6.07) is 16.0. The molecule has 6 nitrogen and oxygen atoms in total. The number of rotatable bonds is 5. The average Bonchev–Trinajstić information content (AvgIpc) is 2.69. The standard InChI is InChI=1S/C20H15ClN4O2S/c1-28-17-7-3-6-16(9-17)24-18(26)12-25-19(13-4-2-5-15(21)8-13)23-11-14(10-22)20(25)27/h2-9,11H,12H2,1H3,(H,24,26). The molecule has 0 aliphatic heterocycles. The quantitative estimate of drug-likeness (QED) is 0.646. The Morgan fingerprint density at radius 3 is 2.79 bits per heavy atom. The molecule has 0 bridgehead atoms. The van der Waals surface area contributed by atoms with Crippen LogP contribution in [0.1, 0.15) is 5.56 Å². The van der Waals surface area contributed by atoms with Gasteiger partial charge in [-0.25, -0.2) is 4.98 Å². The maximum absolute atomic E-state index is 12.7. The molecule has 2 aromatic carbocycles. The Bertz CT molecular complexity index is 1140. The molecule has 3 rings (SSSR count). The van der Waals surface area contributed by atoms with Crippen molar-refractivity contribution in [1.82, 2.24) is 9.55 Å². The van der Waals surface area contributed by atoms with Crippen LogP contribution in [0, 0.1) is 11.3 Å². The summed E-state index contributed by atoms with van der Waals surface area (Å²) in [6.45, 7) is -0.285. The Balaban J connectivity index is 1.96. The van der Waals surface area contributed by atoms with Gasteiger partial charge in [-0.3, -0.25) is 14.2 Å². The maximum Gasteiger partial charge on any atom is 0.272 e. The summed E-state index contributed by atoms with van der Waals surface area (Å²) in [5.41, 5.74) is 0.480. The lowest BCUT2D eigenvalue weighted by Crippen LogP contribution is -2.31. The molecule has 0 unspecified atom stereocenters. The minimum absolute atomic E-state index is 0.136. The first-order chi connectivity index (χ1) is 13.5. The van der Waals surface area contributed by atoms with Gasteiger partial charge in [0.05, 0.1) is 6.20 Å². The molecule has 0 aliphatic carbocycles. The fourth-order valence-corrected chi connectivity index (χ4v) is 3.27. The second-order valence-corrected chi connectivity index (χ2v) is 7.11. The Hall–Kier alpha value is -3.08. The van der Waals surface area contributed by atoms with Gasteiger partial charge in [-0.15, -0.1) is 11.8 Å². The van der Waals surface area contributed by atoms with Gasteiger partial charge in [0.25, 0.3) is 5.56 Å². The summed E-state index contributed by atoms with van der Waals surface area (Å²) in [5.74, 6) is -0.139. The number of carbonyl (C=O) groups is 1. The van der Waals surface area contributed by atoms with Crippen LogP contribution in [-0.4, -0.2) is 21.7 Å². The third kappa shape index (κ3) is 4.42. The second kappa shape index (κ2) is 8.74. The van der Waals surface area contributed by atoms with E-state index in [0.29, 0.717) is 16.3 Å². The number of nitriles is 1. The number of nitrogens with zero attached hydrogens (tertiary/aromatic N) is 3. The number of hydrogen-bond donors (Lipinski definition) is 1. The van der Waals surface area contributed by atoms with Gasteiger partial charge in [-0.05, 0) is 36.6 Å². The zero-order valence-electron chi connectivity index (χ0n) is 14.8. The van der Waals surface area contributed by atoms with Crippen molar-refractivity contribution < 1.29 is 4.79 Å². The first-order valence-corrected chi connectivity index (χ1v) is 9.82. The predicted octanol–water partition coefficient (Wildman–Crippen LogP) is 3.80. The third-order valence-electron chi connectivity index (χ3n) is 3.91. The molecule has 0 aliphatic rings. The molecule has 0 fully saturated rings. The van der Waals surface area contributed by atoms with E-state index >= 15 is 0 Å². The summed E-state index contributed by atoms with van der Waals surface area (Å²) >= 11 is 7.60. The summed E-state index contributed by atoms with van der Waals surface area (Å²) in [6.07, 6.45) is 3.14. The number of thioether (sulfide) groups is 1. The Morgan fingerprint density at radius 2 is 2.07 bits per heavy atom. The molecule has 1 heterocycles. The normalized spacial score (nSPS) is 10.3. The molecular weight excluding hydrogens is 396 g/mol. The second-order valence-electron chi connectivity index (χ2n) is 5.79. The van der Waals surface area contributed by atoms with Crippen LogP contribution >= 0.6 is 23.4 Å². The van der Waals surface area contributed by atoms with Crippen LogP contribution < -0.4 is 10.9 Å². The zero-order valence-corrected chi connectivity index (χ0v) is 16.4. The van der Waals surface area contributed by atoms with Crippen molar-refractivity contribution in [2.45, 2.75) is 11.4 Å². The van der Waals surface area contributed by atoms with Gasteiger partial charge in [-0.1, -0.05) is 29.8 Å². The van der Waals surface area contributed by atoms with Crippen molar-refractivity contribution in [3.8, 4) is 17.5 Å². The van der Waals surface area contributed by atoms with E-state index in [4.69, 9.17) is 16.9 Å². The van der Waals surface area contributed by atoms with Crippen LogP contribution in [0.2, 0.25) is 5.02 Å². The molecule has 140 valence electrons. The minimum atomic E-state index is -0.583. The van der Waals surface area contributed by atoms with Gasteiger partial charge in [0, 0.05) is 21.2 Å². The fraction of sp³-hybridized carbons (Fsp3) is 0.100. The molecule has 1 amide bonds. The van der Waals surface area contributed by atoms with E-state index in [1.807, 2.05) is 30.5 Å². The van der Waals surface area contributed by atoms with Crippen molar-refractivity contribution >= 4 is 35.0 Å². The van der Waals surface area contributed by atoms with E-state index in [9.17, 15) is 9.59 Å². The van der Waals surface area contributed by atoms with Gasteiger partial charge >= 0.3 is 0 Å². The highest BCUT2D eigenvalue weighted by molar-refractivity contribution is 7.98. The largest absolute Gasteiger partial charge is 0.324 e. The summed E-state index contributed by atoms with van der Waals surface area (Å²) < 4.78 is 1.18. The number of benzene rings is 2. The van der Waals surface area contributed by atoms with Crippen molar-refractivity contribution in [2.75, 3.05) is 11.6 Å². The Morgan fingerprint density at radius 1 is 1.29 bits per heavy atom. The first kappa shape index (κ1) is 19.7. The molecule has 1 N–H and O–H groups in total. The number of aromatic nitrogens is 2. The molecule has 1 aromatic heterocycles. The number of halogens is 1. The number of amides is 1. The molecular formula is C20H15ClN4O2S. The number of anilines is 1. The van der Waals surface area contributed by atoms with E-state index in [0.717, 1.165) is 4.90 Å². The van der Waals surface area contributed by atoms with Crippen LogP contribution in [0.3, 0.4) is 0 Å². The van der Waals surface area contributed by atoms with E-state index in [1.165, 1.54) is 10.8 Å². The number of hydrogen-bond acceptors (Lipinski definition) is 5. The Labute approximate surface area is 170 Å². The summed E-state index contributed by atoms with van der Waals surface area (Å²) in [7, 11) is 0. The highest BCUT2D eigenvalue weighted by Crippen LogP contribution is 2.21. The van der Waals surface area contributed by atoms with Gasteiger partial charge in [-0.2, -0.15) is 5.26 Å². The van der Waals surface area contributed by atoms with Gasteiger partial charge in [0.15, 0.2) is 0 Å². The lowest BCUT2D eigenvalue weighted by atomic mass is 10.2. The number of carbonyl (C=O) groups excluding carboxylic acids is 1. The van der Waals surface area contributed by atoms with E-state index < -0.39 is 11.5 Å². The van der Waals surface area contributed by atoms with Crippen molar-refractivity contribution in [2.24, 2.45) is 0 Å². The average molecular weight is 411 g/mol. The lowest BCUT2D eigenvalue weighted by molar-refractivity contribution is -0.116. The molecule has 0 atom stereocenters. The fourth-order valence-electron chi connectivity index (χ4n) is 2.62. The van der Waals surface area contributed by atoms with Crippen LogP contribution in [0.25, 0.3) is 11.4 Å². The van der Waals surface area contributed by atoms with Gasteiger partial charge in [0.1, 0.15) is 24.0 Å². The lowest BCUT2D eigenvalue weighted by Gasteiger charge is -2.13. The third-order valence-corrected chi connectivity index (χ3v) is 4.87. The highest BCUT2D eigenvalue weighted by Gasteiger charge is 2.15. The smallest absolute Gasteiger partial charge is 0.272 e. The SMILES string of the molecule is CSc1cccc(NC(=O)Cn2c(-c3cccc(Cl)c3)ncc(C#N)c2=O)c1. The summed E-state index contributed by atoms with van der Waals surface area (Å²) in [4.78, 5) is 30.4. The van der Waals surface area contributed by atoms with Crippen LogP contribution in [0.4, 0.5) is 5.69 Å². The molecule has 3 aromatic rings. The van der Waals surface area contributed by atoms with Gasteiger partial charge in [0.2, 0.25) is 5.91 Å².